The monoisotopic (exact) mass is 236 g/mol. The minimum absolute atomic E-state index is 0.0897. The molecule has 1 aromatic carbocycles. The van der Waals surface area contributed by atoms with E-state index in [4.69, 9.17) is 10.5 Å². The van der Waals surface area contributed by atoms with Gasteiger partial charge in [-0.05, 0) is 18.1 Å². The summed E-state index contributed by atoms with van der Waals surface area (Å²) in [6.07, 6.45) is 0.318. The van der Waals surface area contributed by atoms with Crippen molar-refractivity contribution in [1.29, 1.82) is 0 Å². The van der Waals surface area contributed by atoms with Gasteiger partial charge in [0.2, 0.25) is 5.91 Å². The van der Waals surface area contributed by atoms with Crippen LogP contribution in [-0.2, 0) is 4.79 Å². The first-order chi connectivity index (χ1) is 8.13. The molecule has 4 heteroatoms. The molecular weight excluding hydrogens is 216 g/mol. The molecule has 0 bridgehead atoms. The highest BCUT2D eigenvalue weighted by atomic mass is 16.5. The normalized spacial score (nSPS) is 10.4. The number of carbonyl (C=O) groups is 1. The summed E-state index contributed by atoms with van der Waals surface area (Å²) < 4.78 is 5.63. The molecule has 0 aliphatic carbocycles. The van der Waals surface area contributed by atoms with Gasteiger partial charge in [-0.2, -0.15) is 0 Å². The van der Waals surface area contributed by atoms with Gasteiger partial charge < -0.3 is 15.8 Å². The molecule has 3 N–H and O–H groups in total. The smallest absolute Gasteiger partial charge is 0.225 e. The van der Waals surface area contributed by atoms with Crippen LogP contribution in [0.15, 0.2) is 24.3 Å². The Kier molecular flexibility index (Phi) is 5.49. The van der Waals surface area contributed by atoms with E-state index >= 15 is 0 Å². The molecule has 17 heavy (non-hydrogen) atoms. The lowest BCUT2D eigenvalue weighted by molar-refractivity contribution is -0.116. The van der Waals surface area contributed by atoms with Crippen LogP contribution in [0.3, 0.4) is 0 Å². The van der Waals surface area contributed by atoms with E-state index in [1.165, 1.54) is 0 Å². The van der Waals surface area contributed by atoms with Crippen molar-refractivity contribution in [3.8, 4) is 5.75 Å². The zero-order valence-corrected chi connectivity index (χ0v) is 10.4. The Morgan fingerprint density at radius 3 is 2.76 bits per heavy atom. The second-order valence-electron chi connectivity index (χ2n) is 4.29. The summed E-state index contributed by atoms with van der Waals surface area (Å²) in [5.41, 5.74) is 6.03. The lowest BCUT2D eigenvalue weighted by Gasteiger charge is -2.13. The number of anilines is 1. The zero-order valence-electron chi connectivity index (χ0n) is 10.4. The molecule has 0 saturated heterocycles. The maximum Gasteiger partial charge on any atom is 0.225 e. The molecule has 4 nitrogen and oxygen atoms in total. The number of ether oxygens (including phenoxy) is 1. The largest absolute Gasteiger partial charge is 0.491 e. The summed E-state index contributed by atoms with van der Waals surface area (Å²) in [5, 5.41) is 2.79. The molecule has 0 unspecified atom stereocenters. The Bertz CT molecular complexity index is 364. The third kappa shape index (κ3) is 4.87. The van der Waals surface area contributed by atoms with Crippen LogP contribution in [-0.4, -0.2) is 19.1 Å². The third-order valence-corrected chi connectivity index (χ3v) is 2.10. The lowest BCUT2D eigenvalue weighted by Crippen LogP contribution is -2.17. The van der Waals surface area contributed by atoms with E-state index in [-0.39, 0.29) is 5.91 Å². The van der Waals surface area contributed by atoms with Gasteiger partial charge in [0, 0.05) is 13.0 Å². The molecular formula is C13H20N2O2. The molecule has 0 aromatic heterocycles. The molecule has 0 aliphatic rings. The topological polar surface area (TPSA) is 64.3 Å². The van der Waals surface area contributed by atoms with Crippen LogP contribution < -0.4 is 15.8 Å². The van der Waals surface area contributed by atoms with E-state index in [1.54, 1.807) is 0 Å². The molecule has 0 aliphatic heterocycles. The van der Waals surface area contributed by atoms with E-state index in [0.29, 0.717) is 36.9 Å². The highest BCUT2D eigenvalue weighted by molar-refractivity contribution is 5.92. The fourth-order valence-corrected chi connectivity index (χ4v) is 1.30. The first-order valence-corrected chi connectivity index (χ1v) is 5.85. The fraction of sp³-hybridized carbons (Fsp3) is 0.462. The molecule has 94 valence electrons. The van der Waals surface area contributed by atoms with E-state index in [0.717, 1.165) is 0 Å². The van der Waals surface area contributed by atoms with Gasteiger partial charge >= 0.3 is 0 Å². The Morgan fingerprint density at radius 1 is 1.41 bits per heavy atom. The van der Waals surface area contributed by atoms with Crippen LogP contribution in [0.2, 0.25) is 0 Å². The lowest BCUT2D eigenvalue weighted by atomic mass is 10.2. The highest BCUT2D eigenvalue weighted by Crippen LogP contribution is 2.24. The summed E-state index contributed by atoms with van der Waals surface area (Å²) in [6.45, 7) is 5.13. The van der Waals surface area contributed by atoms with Gasteiger partial charge in [0.05, 0.1) is 12.3 Å². The maximum absolute atomic E-state index is 11.5. The van der Waals surface area contributed by atoms with E-state index in [2.05, 4.69) is 19.2 Å². The van der Waals surface area contributed by atoms with Gasteiger partial charge in [-0.15, -0.1) is 0 Å². The number of nitrogens with one attached hydrogen (secondary N) is 1. The maximum atomic E-state index is 11.5. The van der Waals surface area contributed by atoms with Crippen molar-refractivity contribution in [2.75, 3.05) is 18.5 Å². The van der Waals surface area contributed by atoms with Gasteiger partial charge in [0.15, 0.2) is 0 Å². The summed E-state index contributed by atoms with van der Waals surface area (Å²) in [4.78, 5) is 11.5. The number of benzene rings is 1. The highest BCUT2D eigenvalue weighted by Gasteiger charge is 2.07. The van der Waals surface area contributed by atoms with Crippen molar-refractivity contribution in [2.24, 2.45) is 11.7 Å². The number of hydrogen-bond donors (Lipinski definition) is 2. The molecule has 0 saturated carbocycles. The Balaban J connectivity index is 2.67. The van der Waals surface area contributed by atoms with E-state index < -0.39 is 0 Å². The predicted octanol–water partition coefficient (Wildman–Crippen LogP) is 2.01. The number of amides is 1. The second-order valence-corrected chi connectivity index (χ2v) is 4.29. The number of rotatable bonds is 6. The number of hydrogen-bond acceptors (Lipinski definition) is 3. The zero-order chi connectivity index (χ0) is 12.7. The SMILES string of the molecule is CC(C)COc1ccccc1NC(=O)CCN. The van der Waals surface area contributed by atoms with Crippen molar-refractivity contribution in [3.05, 3.63) is 24.3 Å². The minimum atomic E-state index is -0.0897. The molecule has 0 radical (unpaired) electrons. The van der Waals surface area contributed by atoms with Crippen molar-refractivity contribution < 1.29 is 9.53 Å². The molecule has 0 spiro atoms. The van der Waals surface area contributed by atoms with Gasteiger partial charge in [0.1, 0.15) is 5.75 Å². The number of para-hydroxylation sites is 2. The molecule has 1 amide bonds. The first kappa shape index (κ1) is 13.5. The Morgan fingerprint density at radius 2 is 2.12 bits per heavy atom. The van der Waals surface area contributed by atoms with E-state index in [9.17, 15) is 4.79 Å². The molecule has 0 fully saturated rings. The molecule has 1 aromatic rings. The summed E-state index contributed by atoms with van der Waals surface area (Å²) in [6, 6.07) is 7.42. The van der Waals surface area contributed by atoms with Crippen LogP contribution in [0, 0.1) is 5.92 Å². The van der Waals surface area contributed by atoms with Gasteiger partial charge in [0.25, 0.3) is 0 Å². The summed E-state index contributed by atoms with van der Waals surface area (Å²) in [7, 11) is 0. The van der Waals surface area contributed by atoms with Gasteiger partial charge in [-0.3, -0.25) is 4.79 Å². The average Bonchev–Trinajstić information content (AvgIpc) is 2.28. The third-order valence-electron chi connectivity index (χ3n) is 2.10. The Labute approximate surface area is 102 Å². The van der Waals surface area contributed by atoms with Crippen LogP contribution in [0.4, 0.5) is 5.69 Å². The van der Waals surface area contributed by atoms with Crippen LogP contribution in [0.5, 0.6) is 5.75 Å². The molecule has 1 rings (SSSR count). The Hall–Kier alpha value is -1.55. The predicted molar refractivity (Wildman–Crippen MR) is 69.1 cm³/mol. The number of nitrogens with two attached hydrogens (primary N) is 1. The molecule has 0 atom stereocenters. The van der Waals surface area contributed by atoms with Crippen LogP contribution in [0.1, 0.15) is 20.3 Å². The van der Waals surface area contributed by atoms with Crippen molar-refractivity contribution in [3.63, 3.8) is 0 Å². The summed E-state index contributed by atoms with van der Waals surface area (Å²) in [5.74, 6) is 1.06. The van der Waals surface area contributed by atoms with Gasteiger partial charge in [-0.25, -0.2) is 0 Å². The van der Waals surface area contributed by atoms with Crippen molar-refractivity contribution >= 4 is 11.6 Å². The number of carbonyl (C=O) groups excluding carboxylic acids is 1. The van der Waals surface area contributed by atoms with Crippen molar-refractivity contribution in [2.45, 2.75) is 20.3 Å². The van der Waals surface area contributed by atoms with Crippen LogP contribution in [0.25, 0.3) is 0 Å². The van der Waals surface area contributed by atoms with E-state index in [1.807, 2.05) is 24.3 Å². The standard InChI is InChI=1S/C13H20N2O2/c1-10(2)9-17-12-6-4-3-5-11(12)15-13(16)7-8-14/h3-6,10H,7-9,14H2,1-2H3,(H,15,16). The molecule has 0 heterocycles. The van der Waals surface area contributed by atoms with Crippen LogP contribution >= 0.6 is 0 Å². The second kappa shape index (κ2) is 6.91. The average molecular weight is 236 g/mol. The minimum Gasteiger partial charge on any atom is -0.491 e. The first-order valence-electron chi connectivity index (χ1n) is 5.85. The quantitative estimate of drug-likeness (QED) is 0.794. The summed E-state index contributed by atoms with van der Waals surface area (Å²) >= 11 is 0. The fourth-order valence-electron chi connectivity index (χ4n) is 1.30. The van der Waals surface area contributed by atoms with Gasteiger partial charge in [-0.1, -0.05) is 26.0 Å². The van der Waals surface area contributed by atoms with Crippen molar-refractivity contribution in [1.82, 2.24) is 0 Å².